The second kappa shape index (κ2) is 3.25. The molecular formula is C10H9F3N2. The van der Waals surface area contributed by atoms with Crippen LogP contribution < -0.4 is 0 Å². The summed E-state index contributed by atoms with van der Waals surface area (Å²) in [5.41, 5.74) is 0.368. The minimum atomic E-state index is -4.29. The summed E-state index contributed by atoms with van der Waals surface area (Å²) < 4.78 is 37.9. The van der Waals surface area contributed by atoms with Crippen molar-refractivity contribution in [2.75, 3.05) is 0 Å². The number of aromatic nitrogens is 2. The SMILES string of the molecule is CCc1c(C(F)(F)F)ccc2[nH]ncc12. The van der Waals surface area contributed by atoms with E-state index in [-0.39, 0.29) is 0 Å². The molecule has 2 rings (SSSR count). The van der Waals surface area contributed by atoms with Crippen LogP contribution in [-0.4, -0.2) is 10.2 Å². The molecule has 15 heavy (non-hydrogen) atoms. The highest BCUT2D eigenvalue weighted by Gasteiger charge is 2.33. The monoisotopic (exact) mass is 214 g/mol. The third kappa shape index (κ3) is 1.58. The third-order valence-electron chi connectivity index (χ3n) is 2.39. The minimum absolute atomic E-state index is 0.300. The van der Waals surface area contributed by atoms with Gasteiger partial charge in [0.15, 0.2) is 0 Å². The Morgan fingerprint density at radius 2 is 2.07 bits per heavy atom. The van der Waals surface area contributed by atoms with Gasteiger partial charge in [-0.25, -0.2) is 0 Å². The number of alkyl halides is 3. The molecule has 80 valence electrons. The van der Waals surface area contributed by atoms with Gasteiger partial charge in [0, 0.05) is 5.39 Å². The zero-order valence-electron chi connectivity index (χ0n) is 8.02. The Morgan fingerprint density at radius 3 is 2.67 bits per heavy atom. The lowest BCUT2D eigenvalue weighted by Crippen LogP contribution is -2.08. The number of rotatable bonds is 1. The zero-order chi connectivity index (χ0) is 11.1. The van der Waals surface area contributed by atoms with Crippen LogP contribution in [0.25, 0.3) is 10.9 Å². The molecule has 1 aromatic carbocycles. The molecule has 1 heterocycles. The molecular weight excluding hydrogens is 205 g/mol. The third-order valence-corrected chi connectivity index (χ3v) is 2.39. The summed E-state index contributed by atoms with van der Waals surface area (Å²) in [6, 6.07) is 2.50. The van der Waals surface area contributed by atoms with Crippen LogP contribution in [0.2, 0.25) is 0 Å². The van der Waals surface area contributed by atoms with Crippen molar-refractivity contribution in [1.29, 1.82) is 0 Å². The van der Waals surface area contributed by atoms with Crippen molar-refractivity contribution in [1.82, 2.24) is 10.2 Å². The Balaban J connectivity index is 2.75. The number of nitrogens with one attached hydrogen (secondary N) is 1. The first-order chi connectivity index (χ1) is 7.04. The van der Waals surface area contributed by atoms with E-state index in [0.29, 0.717) is 22.9 Å². The van der Waals surface area contributed by atoms with Gasteiger partial charge in [0.25, 0.3) is 0 Å². The molecule has 0 saturated heterocycles. The molecule has 0 amide bonds. The summed E-state index contributed by atoms with van der Waals surface area (Å²) >= 11 is 0. The summed E-state index contributed by atoms with van der Waals surface area (Å²) in [6.07, 6.45) is -2.52. The molecule has 0 aliphatic heterocycles. The smallest absolute Gasteiger partial charge is 0.278 e. The number of fused-ring (bicyclic) bond motifs is 1. The Morgan fingerprint density at radius 1 is 1.33 bits per heavy atom. The number of hydrogen-bond acceptors (Lipinski definition) is 1. The topological polar surface area (TPSA) is 28.7 Å². The lowest BCUT2D eigenvalue weighted by atomic mass is 10.0. The summed E-state index contributed by atoms with van der Waals surface area (Å²) in [7, 11) is 0. The normalized spacial score (nSPS) is 12.3. The lowest BCUT2D eigenvalue weighted by Gasteiger charge is -2.11. The van der Waals surface area contributed by atoms with Crippen molar-refractivity contribution < 1.29 is 13.2 Å². The van der Waals surface area contributed by atoms with Crippen LogP contribution in [0.5, 0.6) is 0 Å². The first-order valence-corrected chi connectivity index (χ1v) is 4.56. The highest BCUT2D eigenvalue weighted by molar-refractivity contribution is 5.83. The highest BCUT2D eigenvalue weighted by atomic mass is 19.4. The zero-order valence-corrected chi connectivity index (χ0v) is 8.02. The van der Waals surface area contributed by atoms with E-state index in [2.05, 4.69) is 10.2 Å². The molecule has 0 aliphatic rings. The van der Waals surface area contributed by atoms with Crippen molar-refractivity contribution in [2.45, 2.75) is 19.5 Å². The molecule has 0 aliphatic carbocycles. The molecule has 0 unspecified atom stereocenters. The average Bonchev–Trinajstić information content (AvgIpc) is 2.61. The van der Waals surface area contributed by atoms with E-state index in [1.54, 1.807) is 6.92 Å². The number of benzene rings is 1. The Kier molecular flexibility index (Phi) is 2.17. The van der Waals surface area contributed by atoms with Gasteiger partial charge < -0.3 is 0 Å². The van der Waals surface area contributed by atoms with Crippen LogP contribution in [0.15, 0.2) is 18.3 Å². The Hall–Kier alpha value is -1.52. The van der Waals surface area contributed by atoms with E-state index in [4.69, 9.17) is 0 Å². The molecule has 0 bridgehead atoms. The maximum Gasteiger partial charge on any atom is 0.416 e. The second-order valence-electron chi connectivity index (χ2n) is 3.27. The van der Waals surface area contributed by atoms with Crippen molar-refractivity contribution in [3.8, 4) is 0 Å². The lowest BCUT2D eigenvalue weighted by molar-refractivity contribution is -0.138. The predicted molar refractivity (Wildman–Crippen MR) is 50.5 cm³/mol. The number of nitrogens with zero attached hydrogens (tertiary/aromatic N) is 1. The van der Waals surface area contributed by atoms with Crippen molar-refractivity contribution in [2.24, 2.45) is 0 Å². The first-order valence-electron chi connectivity index (χ1n) is 4.56. The molecule has 1 N–H and O–H groups in total. The van der Waals surface area contributed by atoms with Crippen LogP contribution in [0.3, 0.4) is 0 Å². The molecule has 0 saturated carbocycles. The van der Waals surface area contributed by atoms with Gasteiger partial charge >= 0.3 is 6.18 Å². The number of halogens is 3. The quantitative estimate of drug-likeness (QED) is 0.776. The van der Waals surface area contributed by atoms with Gasteiger partial charge in [-0.3, -0.25) is 5.10 Å². The molecule has 0 atom stereocenters. The first kappa shape index (κ1) is 10.0. The minimum Gasteiger partial charge on any atom is -0.278 e. The van der Waals surface area contributed by atoms with Crippen LogP contribution in [0, 0.1) is 0 Å². The molecule has 1 aromatic heterocycles. The van der Waals surface area contributed by atoms with Crippen molar-refractivity contribution >= 4 is 10.9 Å². The molecule has 0 fully saturated rings. The van der Waals surface area contributed by atoms with E-state index >= 15 is 0 Å². The molecule has 2 nitrogen and oxygen atoms in total. The summed E-state index contributed by atoms with van der Waals surface area (Å²) in [5.74, 6) is 0. The van der Waals surface area contributed by atoms with E-state index in [1.165, 1.54) is 12.3 Å². The Labute approximate surface area is 84.1 Å². The predicted octanol–water partition coefficient (Wildman–Crippen LogP) is 3.14. The number of hydrogen-bond donors (Lipinski definition) is 1. The fraction of sp³-hybridized carbons (Fsp3) is 0.300. The molecule has 5 heteroatoms. The fourth-order valence-electron chi connectivity index (χ4n) is 1.72. The van der Waals surface area contributed by atoms with Gasteiger partial charge in [-0.1, -0.05) is 6.92 Å². The second-order valence-corrected chi connectivity index (χ2v) is 3.27. The van der Waals surface area contributed by atoms with Crippen LogP contribution in [-0.2, 0) is 12.6 Å². The van der Waals surface area contributed by atoms with Gasteiger partial charge in [0.2, 0.25) is 0 Å². The van der Waals surface area contributed by atoms with Crippen LogP contribution >= 0.6 is 0 Å². The van der Waals surface area contributed by atoms with Crippen molar-refractivity contribution in [3.05, 3.63) is 29.5 Å². The number of H-pyrrole nitrogens is 1. The van der Waals surface area contributed by atoms with Gasteiger partial charge in [0.1, 0.15) is 0 Å². The van der Waals surface area contributed by atoms with Crippen molar-refractivity contribution in [3.63, 3.8) is 0 Å². The summed E-state index contributed by atoms with van der Waals surface area (Å²) in [5, 5.41) is 6.94. The van der Waals surface area contributed by atoms with E-state index < -0.39 is 11.7 Å². The van der Waals surface area contributed by atoms with E-state index in [0.717, 1.165) is 6.07 Å². The summed E-state index contributed by atoms with van der Waals surface area (Å²) in [4.78, 5) is 0. The standard InChI is InChI=1S/C10H9F3N2/c1-2-6-7-5-14-15-9(7)4-3-8(6)10(11,12)13/h3-5H,2H2,1H3,(H,14,15). The maximum absolute atomic E-state index is 12.6. The fourth-order valence-corrected chi connectivity index (χ4v) is 1.72. The van der Waals surface area contributed by atoms with Gasteiger partial charge in [0.05, 0.1) is 17.3 Å². The Bertz CT molecular complexity index is 485. The molecule has 2 aromatic rings. The maximum atomic E-state index is 12.6. The number of aryl methyl sites for hydroxylation is 1. The summed E-state index contributed by atoms with van der Waals surface area (Å²) in [6.45, 7) is 1.71. The van der Waals surface area contributed by atoms with Gasteiger partial charge in [-0.05, 0) is 24.1 Å². The van der Waals surface area contributed by atoms with Gasteiger partial charge in [-0.15, -0.1) is 0 Å². The van der Waals surface area contributed by atoms with E-state index in [1.807, 2.05) is 0 Å². The molecule has 0 spiro atoms. The van der Waals surface area contributed by atoms with E-state index in [9.17, 15) is 13.2 Å². The highest BCUT2D eigenvalue weighted by Crippen LogP contribution is 2.35. The largest absolute Gasteiger partial charge is 0.416 e. The number of aromatic amines is 1. The average molecular weight is 214 g/mol. The van der Waals surface area contributed by atoms with Crippen LogP contribution in [0.4, 0.5) is 13.2 Å². The van der Waals surface area contributed by atoms with Gasteiger partial charge in [-0.2, -0.15) is 18.3 Å². The van der Waals surface area contributed by atoms with Crippen LogP contribution in [0.1, 0.15) is 18.1 Å². The molecule has 0 radical (unpaired) electrons.